The molecule has 0 saturated heterocycles. The first-order valence-electron chi connectivity index (χ1n) is 6.57. The molecule has 1 aromatic rings. The minimum Gasteiger partial charge on any atom is -0.493 e. The zero-order valence-corrected chi connectivity index (χ0v) is 12.3. The maximum absolute atomic E-state index is 5.79. The predicted octanol–water partition coefficient (Wildman–Crippen LogP) is 2.07. The number of methoxy groups -OCH3 is 2. The van der Waals surface area contributed by atoms with E-state index in [1.807, 2.05) is 31.2 Å². The Morgan fingerprint density at radius 2 is 2.05 bits per heavy atom. The Kier molecular flexibility index (Phi) is 7.03. The van der Waals surface area contributed by atoms with Crippen LogP contribution in [0.3, 0.4) is 0 Å². The quantitative estimate of drug-likeness (QED) is 0.346. The lowest BCUT2D eigenvalue weighted by Gasteiger charge is -2.09. The standard InChI is InChI=1S/C15H23N3O2/c1-4-5-6-9-17-15(16)18-11-12-7-8-13(19-2)14(10-12)20-3/h4-5,7-8,10H,6,9,11H2,1-3H3,(H3,16,17,18). The van der Waals surface area contributed by atoms with Crippen molar-refractivity contribution in [3.63, 3.8) is 0 Å². The van der Waals surface area contributed by atoms with Crippen molar-refractivity contribution in [2.75, 3.05) is 20.8 Å². The first-order chi connectivity index (χ1) is 9.71. The summed E-state index contributed by atoms with van der Waals surface area (Å²) in [4.78, 5) is 4.29. The van der Waals surface area contributed by atoms with Crippen LogP contribution in [0.2, 0.25) is 0 Å². The molecule has 0 amide bonds. The number of rotatable bonds is 7. The number of benzene rings is 1. The Morgan fingerprint density at radius 1 is 1.30 bits per heavy atom. The summed E-state index contributed by atoms with van der Waals surface area (Å²) in [5.41, 5.74) is 6.80. The monoisotopic (exact) mass is 277 g/mol. The van der Waals surface area contributed by atoms with Gasteiger partial charge in [-0.25, -0.2) is 4.99 Å². The lowest BCUT2D eigenvalue weighted by atomic mass is 10.2. The van der Waals surface area contributed by atoms with E-state index in [4.69, 9.17) is 15.2 Å². The summed E-state index contributed by atoms with van der Waals surface area (Å²) in [5.74, 6) is 1.85. The second-order valence-corrected chi connectivity index (χ2v) is 4.18. The fourth-order valence-electron chi connectivity index (χ4n) is 1.66. The molecule has 20 heavy (non-hydrogen) atoms. The SMILES string of the molecule is CC=CCCNC(N)=NCc1ccc(OC)c(OC)c1. The lowest BCUT2D eigenvalue weighted by Crippen LogP contribution is -2.32. The van der Waals surface area contributed by atoms with Crippen molar-refractivity contribution in [1.82, 2.24) is 5.32 Å². The molecule has 0 unspecified atom stereocenters. The Bertz CT molecular complexity index is 470. The predicted molar refractivity (Wildman–Crippen MR) is 82.3 cm³/mol. The number of allylic oxidation sites excluding steroid dienone is 1. The van der Waals surface area contributed by atoms with Crippen LogP contribution in [0, 0.1) is 0 Å². The number of aliphatic imine (C=N–C) groups is 1. The summed E-state index contributed by atoms with van der Waals surface area (Å²) < 4.78 is 10.4. The van der Waals surface area contributed by atoms with E-state index in [2.05, 4.69) is 16.4 Å². The van der Waals surface area contributed by atoms with Gasteiger partial charge < -0.3 is 20.5 Å². The van der Waals surface area contributed by atoms with Crippen LogP contribution >= 0.6 is 0 Å². The summed E-state index contributed by atoms with van der Waals surface area (Å²) >= 11 is 0. The van der Waals surface area contributed by atoms with Gasteiger partial charge in [0.05, 0.1) is 20.8 Å². The summed E-state index contributed by atoms with van der Waals surface area (Å²) in [6, 6.07) is 5.70. The number of nitrogens with two attached hydrogens (primary N) is 1. The second-order valence-electron chi connectivity index (χ2n) is 4.18. The van der Waals surface area contributed by atoms with Gasteiger partial charge in [-0.3, -0.25) is 0 Å². The third-order valence-corrected chi connectivity index (χ3v) is 2.73. The fraction of sp³-hybridized carbons (Fsp3) is 0.400. The van der Waals surface area contributed by atoms with Gasteiger partial charge in [0.25, 0.3) is 0 Å². The van der Waals surface area contributed by atoms with Crippen LogP contribution in [0.5, 0.6) is 11.5 Å². The van der Waals surface area contributed by atoms with Gasteiger partial charge in [0, 0.05) is 6.54 Å². The molecule has 0 atom stereocenters. The first kappa shape index (κ1) is 15.9. The summed E-state index contributed by atoms with van der Waals surface area (Å²) in [6.45, 7) is 3.28. The lowest BCUT2D eigenvalue weighted by molar-refractivity contribution is 0.354. The Balaban J connectivity index is 2.55. The van der Waals surface area contributed by atoms with Gasteiger partial charge in [0.2, 0.25) is 0 Å². The highest BCUT2D eigenvalue weighted by Crippen LogP contribution is 2.27. The fourth-order valence-corrected chi connectivity index (χ4v) is 1.66. The molecule has 1 rings (SSSR count). The van der Waals surface area contributed by atoms with Gasteiger partial charge in [-0.05, 0) is 31.0 Å². The van der Waals surface area contributed by atoms with Crippen molar-refractivity contribution in [2.45, 2.75) is 19.9 Å². The number of hydrogen-bond donors (Lipinski definition) is 2. The average Bonchev–Trinajstić information content (AvgIpc) is 2.49. The smallest absolute Gasteiger partial charge is 0.188 e. The number of nitrogens with zero attached hydrogens (tertiary/aromatic N) is 1. The maximum Gasteiger partial charge on any atom is 0.188 e. The van der Waals surface area contributed by atoms with Crippen molar-refractivity contribution < 1.29 is 9.47 Å². The number of guanidine groups is 1. The van der Waals surface area contributed by atoms with Gasteiger partial charge in [-0.1, -0.05) is 18.2 Å². The normalized spacial score (nSPS) is 11.7. The third-order valence-electron chi connectivity index (χ3n) is 2.73. The van der Waals surface area contributed by atoms with Crippen LogP contribution in [0.1, 0.15) is 18.9 Å². The molecule has 5 heteroatoms. The number of ether oxygens (including phenoxy) is 2. The molecule has 3 N–H and O–H groups in total. The minimum atomic E-state index is 0.448. The molecular weight excluding hydrogens is 254 g/mol. The molecule has 5 nitrogen and oxygen atoms in total. The highest BCUT2D eigenvalue weighted by Gasteiger charge is 2.04. The van der Waals surface area contributed by atoms with E-state index in [9.17, 15) is 0 Å². The molecule has 0 bridgehead atoms. The van der Waals surface area contributed by atoms with Gasteiger partial charge in [0.15, 0.2) is 17.5 Å². The molecule has 0 aliphatic carbocycles. The largest absolute Gasteiger partial charge is 0.493 e. The van der Waals surface area contributed by atoms with Gasteiger partial charge >= 0.3 is 0 Å². The zero-order valence-electron chi connectivity index (χ0n) is 12.3. The minimum absolute atomic E-state index is 0.448. The van der Waals surface area contributed by atoms with Crippen molar-refractivity contribution in [3.8, 4) is 11.5 Å². The van der Waals surface area contributed by atoms with E-state index >= 15 is 0 Å². The highest BCUT2D eigenvalue weighted by molar-refractivity contribution is 5.77. The van der Waals surface area contributed by atoms with E-state index in [-0.39, 0.29) is 0 Å². The van der Waals surface area contributed by atoms with Crippen molar-refractivity contribution >= 4 is 5.96 Å². The number of nitrogens with one attached hydrogen (secondary N) is 1. The van der Waals surface area contributed by atoms with Crippen molar-refractivity contribution in [2.24, 2.45) is 10.7 Å². The average molecular weight is 277 g/mol. The van der Waals surface area contributed by atoms with Crippen LogP contribution in [-0.4, -0.2) is 26.7 Å². The molecule has 0 spiro atoms. The zero-order chi connectivity index (χ0) is 14.8. The van der Waals surface area contributed by atoms with Gasteiger partial charge in [0.1, 0.15) is 0 Å². The molecule has 0 radical (unpaired) electrons. The number of hydrogen-bond acceptors (Lipinski definition) is 3. The van der Waals surface area contributed by atoms with E-state index in [1.54, 1.807) is 14.2 Å². The Morgan fingerprint density at radius 3 is 2.70 bits per heavy atom. The van der Waals surface area contributed by atoms with Crippen LogP contribution in [-0.2, 0) is 6.54 Å². The summed E-state index contributed by atoms with van der Waals surface area (Å²) in [6.07, 6.45) is 5.02. The molecule has 0 aromatic heterocycles. The van der Waals surface area contributed by atoms with E-state index in [0.29, 0.717) is 24.0 Å². The van der Waals surface area contributed by atoms with E-state index in [1.165, 1.54) is 0 Å². The third kappa shape index (κ3) is 5.22. The molecule has 1 aromatic carbocycles. The summed E-state index contributed by atoms with van der Waals surface area (Å²) in [7, 11) is 3.23. The molecule has 0 aliphatic rings. The van der Waals surface area contributed by atoms with Crippen LogP contribution in [0.25, 0.3) is 0 Å². The Labute approximate surface area is 120 Å². The molecule has 0 fully saturated rings. The highest BCUT2D eigenvalue weighted by atomic mass is 16.5. The van der Waals surface area contributed by atoms with Crippen LogP contribution < -0.4 is 20.5 Å². The van der Waals surface area contributed by atoms with Crippen LogP contribution in [0.4, 0.5) is 0 Å². The summed E-state index contributed by atoms with van der Waals surface area (Å²) in [5, 5.41) is 3.06. The molecule has 0 heterocycles. The molecule has 110 valence electrons. The second kappa shape index (κ2) is 8.85. The van der Waals surface area contributed by atoms with Crippen molar-refractivity contribution in [3.05, 3.63) is 35.9 Å². The van der Waals surface area contributed by atoms with Gasteiger partial charge in [-0.15, -0.1) is 0 Å². The Hall–Kier alpha value is -2.17. The molecular formula is C15H23N3O2. The topological polar surface area (TPSA) is 68.9 Å². The van der Waals surface area contributed by atoms with Crippen LogP contribution in [0.15, 0.2) is 35.3 Å². The van der Waals surface area contributed by atoms with E-state index in [0.717, 1.165) is 18.5 Å². The molecule has 0 aliphatic heterocycles. The maximum atomic E-state index is 5.79. The van der Waals surface area contributed by atoms with Gasteiger partial charge in [-0.2, -0.15) is 0 Å². The van der Waals surface area contributed by atoms with Crippen molar-refractivity contribution in [1.29, 1.82) is 0 Å². The van der Waals surface area contributed by atoms with E-state index < -0.39 is 0 Å². The first-order valence-corrected chi connectivity index (χ1v) is 6.57. The molecule has 0 saturated carbocycles.